The van der Waals surface area contributed by atoms with Gasteiger partial charge in [-0.15, -0.1) is 0 Å². The van der Waals surface area contributed by atoms with E-state index in [2.05, 4.69) is 5.32 Å². The summed E-state index contributed by atoms with van der Waals surface area (Å²) < 4.78 is 0. The molecule has 1 aliphatic heterocycles. The summed E-state index contributed by atoms with van der Waals surface area (Å²) >= 11 is 0. The lowest BCUT2D eigenvalue weighted by Gasteiger charge is -2.34. The van der Waals surface area contributed by atoms with Crippen LogP contribution in [0.4, 0.5) is 0 Å². The summed E-state index contributed by atoms with van der Waals surface area (Å²) in [5.74, 6) is -0.119. The van der Waals surface area contributed by atoms with Gasteiger partial charge in [0.25, 0.3) is 0 Å². The van der Waals surface area contributed by atoms with Crippen molar-refractivity contribution in [3.05, 3.63) is 35.9 Å². The number of rotatable bonds is 4. The molecule has 18 heavy (non-hydrogen) atoms. The molecule has 3 nitrogen and oxygen atoms in total. The van der Waals surface area contributed by atoms with Gasteiger partial charge in [0, 0.05) is 12.1 Å². The Morgan fingerprint density at radius 3 is 2.67 bits per heavy atom. The van der Waals surface area contributed by atoms with Crippen LogP contribution in [0, 0.1) is 5.41 Å². The topological polar surface area (TPSA) is 46.2 Å². The van der Waals surface area contributed by atoms with Crippen LogP contribution in [0.15, 0.2) is 30.3 Å². The Morgan fingerprint density at radius 1 is 1.33 bits per heavy atom. The zero-order valence-electron chi connectivity index (χ0n) is 10.7. The summed E-state index contributed by atoms with van der Waals surface area (Å²) in [5.41, 5.74) is -0.197. The molecule has 1 N–H and O–H groups in total. The molecular formula is C15H19NO2. The summed E-state index contributed by atoms with van der Waals surface area (Å²) in [5, 5.41) is 2.85. The molecule has 1 saturated heterocycles. The van der Waals surface area contributed by atoms with Crippen LogP contribution in [0.25, 0.3) is 0 Å². The lowest BCUT2D eigenvalue weighted by molar-refractivity contribution is -0.131. The van der Waals surface area contributed by atoms with Gasteiger partial charge in [-0.2, -0.15) is 0 Å². The fourth-order valence-electron chi connectivity index (χ4n) is 2.74. The van der Waals surface area contributed by atoms with E-state index in [0.717, 1.165) is 12.8 Å². The van der Waals surface area contributed by atoms with E-state index in [1.165, 1.54) is 0 Å². The molecule has 1 atom stereocenters. The standard InChI is InChI=1S/C15H19NO2/c1-2-9-15(10-6-11-16-14(15)18)13(17)12-7-4-3-5-8-12/h3-5,7-8H,2,6,9-11H2,1H3,(H,16,18). The summed E-state index contributed by atoms with van der Waals surface area (Å²) in [7, 11) is 0. The number of Topliss-reactive ketones (excluding diaryl/α,β-unsaturated/α-hetero) is 1. The maximum Gasteiger partial charge on any atom is 0.234 e. The first-order valence-corrected chi connectivity index (χ1v) is 6.59. The molecule has 1 unspecified atom stereocenters. The number of hydrogen-bond donors (Lipinski definition) is 1. The molecule has 2 rings (SSSR count). The van der Waals surface area contributed by atoms with Crippen LogP contribution in [0.3, 0.4) is 0 Å². The maximum atomic E-state index is 12.7. The third kappa shape index (κ3) is 2.17. The van der Waals surface area contributed by atoms with Crippen molar-refractivity contribution in [2.75, 3.05) is 6.54 Å². The second kappa shape index (κ2) is 5.34. The number of nitrogens with one attached hydrogen (secondary N) is 1. The van der Waals surface area contributed by atoms with Gasteiger partial charge in [-0.1, -0.05) is 43.7 Å². The van der Waals surface area contributed by atoms with Crippen LogP contribution in [-0.4, -0.2) is 18.2 Å². The normalized spacial score (nSPS) is 23.5. The Morgan fingerprint density at radius 2 is 2.06 bits per heavy atom. The fourth-order valence-corrected chi connectivity index (χ4v) is 2.74. The number of amides is 1. The molecule has 0 saturated carbocycles. The number of carbonyl (C=O) groups is 2. The first kappa shape index (κ1) is 12.8. The number of ketones is 1. The summed E-state index contributed by atoms with van der Waals surface area (Å²) in [6.45, 7) is 2.70. The van der Waals surface area contributed by atoms with Gasteiger partial charge in [-0.25, -0.2) is 0 Å². The van der Waals surface area contributed by atoms with Crippen LogP contribution in [-0.2, 0) is 4.79 Å². The molecular weight excluding hydrogens is 226 g/mol. The van der Waals surface area contributed by atoms with Crippen LogP contribution in [0.2, 0.25) is 0 Å². The van der Waals surface area contributed by atoms with Crippen LogP contribution >= 0.6 is 0 Å². The summed E-state index contributed by atoms with van der Waals surface area (Å²) in [6, 6.07) is 9.15. The van der Waals surface area contributed by atoms with E-state index in [9.17, 15) is 9.59 Å². The van der Waals surface area contributed by atoms with Crippen LogP contribution in [0.5, 0.6) is 0 Å². The van der Waals surface area contributed by atoms with Crippen molar-refractivity contribution >= 4 is 11.7 Å². The fraction of sp³-hybridized carbons (Fsp3) is 0.467. The molecule has 0 aliphatic carbocycles. The average molecular weight is 245 g/mol. The van der Waals surface area contributed by atoms with Crippen molar-refractivity contribution in [1.29, 1.82) is 0 Å². The van der Waals surface area contributed by atoms with Crippen molar-refractivity contribution in [3.8, 4) is 0 Å². The number of carbonyl (C=O) groups excluding carboxylic acids is 2. The van der Waals surface area contributed by atoms with Gasteiger partial charge in [0.05, 0.1) is 0 Å². The van der Waals surface area contributed by atoms with Crippen molar-refractivity contribution in [3.63, 3.8) is 0 Å². The molecule has 1 aliphatic rings. The highest BCUT2D eigenvalue weighted by Gasteiger charge is 2.46. The Bertz CT molecular complexity index is 437. The van der Waals surface area contributed by atoms with E-state index in [1.54, 1.807) is 12.1 Å². The Hall–Kier alpha value is -1.64. The highest BCUT2D eigenvalue weighted by molar-refractivity contribution is 6.14. The summed E-state index contributed by atoms with van der Waals surface area (Å²) in [4.78, 5) is 24.9. The summed E-state index contributed by atoms with van der Waals surface area (Å²) in [6.07, 6.45) is 3.02. The molecule has 3 heteroatoms. The Kier molecular flexibility index (Phi) is 3.80. The van der Waals surface area contributed by atoms with Gasteiger partial charge < -0.3 is 5.32 Å². The molecule has 1 aromatic rings. The molecule has 0 bridgehead atoms. The minimum absolute atomic E-state index is 0.0258. The van der Waals surface area contributed by atoms with Gasteiger partial charge in [-0.3, -0.25) is 9.59 Å². The zero-order chi connectivity index (χ0) is 13.0. The van der Waals surface area contributed by atoms with E-state index < -0.39 is 5.41 Å². The van der Waals surface area contributed by atoms with E-state index in [-0.39, 0.29) is 11.7 Å². The number of hydrogen-bond acceptors (Lipinski definition) is 2. The number of benzene rings is 1. The molecule has 0 radical (unpaired) electrons. The average Bonchev–Trinajstić information content (AvgIpc) is 2.42. The minimum atomic E-state index is -0.839. The highest BCUT2D eigenvalue weighted by Crippen LogP contribution is 2.36. The quantitative estimate of drug-likeness (QED) is 0.654. The Balaban J connectivity index is 2.35. The van der Waals surface area contributed by atoms with Gasteiger partial charge >= 0.3 is 0 Å². The predicted molar refractivity (Wildman–Crippen MR) is 70.4 cm³/mol. The minimum Gasteiger partial charge on any atom is -0.355 e. The first-order valence-electron chi connectivity index (χ1n) is 6.59. The molecule has 1 heterocycles. The van der Waals surface area contributed by atoms with Gasteiger partial charge in [0.15, 0.2) is 5.78 Å². The smallest absolute Gasteiger partial charge is 0.234 e. The van der Waals surface area contributed by atoms with E-state index >= 15 is 0 Å². The third-order valence-electron chi connectivity index (χ3n) is 3.65. The third-order valence-corrected chi connectivity index (χ3v) is 3.65. The predicted octanol–water partition coefficient (Wildman–Crippen LogP) is 2.57. The SMILES string of the molecule is CCCC1(C(=O)c2ccccc2)CCCNC1=O. The van der Waals surface area contributed by atoms with E-state index in [1.807, 2.05) is 25.1 Å². The van der Waals surface area contributed by atoms with E-state index in [4.69, 9.17) is 0 Å². The van der Waals surface area contributed by atoms with Crippen LogP contribution < -0.4 is 5.32 Å². The van der Waals surface area contributed by atoms with Crippen molar-refractivity contribution in [2.45, 2.75) is 32.6 Å². The second-order valence-electron chi connectivity index (χ2n) is 4.89. The van der Waals surface area contributed by atoms with Crippen molar-refractivity contribution < 1.29 is 9.59 Å². The van der Waals surface area contributed by atoms with Crippen LogP contribution in [0.1, 0.15) is 43.0 Å². The van der Waals surface area contributed by atoms with Crippen molar-refractivity contribution in [1.82, 2.24) is 5.32 Å². The lowest BCUT2D eigenvalue weighted by atomic mass is 9.71. The van der Waals surface area contributed by atoms with Gasteiger partial charge in [-0.05, 0) is 19.3 Å². The molecule has 1 fully saturated rings. The second-order valence-corrected chi connectivity index (χ2v) is 4.89. The zero-order valence-corrected chi connectivity index (χ0v) is 10.7. The molecule has 0 aromatic heterocycles. The van der Waals surface area contributed by atoms with Crippen molar-refractivity contribution in [2.24, 2.45) is 5.41 Å². The lowest BCUT2D eigenvalue weighted by Crippen LogP contribution is -2.50. The molecule has 1 amide bonds. The molecule has 0 spiro atoms. The Labute approximate surface area is 108 Å². The molecule has 1 aromatic carbocycles. The van der Waals surface area contributed by atoms with E-state index in [0.29, 0.717) is 24.9 Å². The maximum absolute atomic E-state index is 12.7. The largest absolute Gasteiger partial charge is 0.355 e. The van der Waals surface area contributed by atoms with Gasteiger partial charge in [0.1, 0.15) is 5.41 Å². The number of piperidine rings is 1. The monoisotopic (exact) mass is 245 g/mol. The van der Waals surface area contributed by atoms with Gasteiger partial charge in [0.2, 0.25) is 5.91 Å². The first-order chi connectivity index (χ1) is 8.70. The highest BCUT2D eigenvalue weighted by atomic mass is 16.2. The molecule has 96 valence electrons.